The van der Waals surface area contributed by atoms with Gasteiger partial charge in [-0.1, -0.05) is 47.6 Å². The van der Waals surface area contributed by atoms with Gasteiger partial charge in [0.15, 0.2) is 6.29 Å². The second-order valence-corrected chi connectivity index (χ2v) is 8.30. The highest BCUT2D eigenvalue weighted by atomic mass is 19.3. The largest absolute Gasteiger partial charge is 0.443 e. The number of nitrogens with zero attached hydrogens (tertiary/aromatic N) is 2. The molecule has 1 fully saturated rings. The van der Waals surface area contributed by atoms with Gasteiger partial charge in [-0.05, 0) is 48.5 Å². The van der Waals surface area contributed by atoms with Gasteiger partial charge in [0.25, 0.3) is 6.43 Å². The summed E-state index contributed by atoms with van der Waals surface area (Å²) in [6.07, 6.45) is -4.07. The number of nitrogens with one attached hydrogen (secondary N) is 2. The highest BCUT2D eigenvalue weighted by molar-refractivity contribution is 5.90. The zero-order chi connectivity index (χ0) is 28.4. The molecule has 0 aromatic heterocycles. The lowest BCUT2D eigenvalue weighted by atomic mass is 10.0. The van der Waals surface area contributed by atoms with Crippen molar-refractivity contribution in [1.82, 2.24) is 5.32 Å². The quantitative estimate of drug-likeness (QED) is 0.295. The number of likely N-dealkylation sites (N-methyl/N-ethyl adjacent to an activating group) is 1. The first-order valence-electron chi connectivity index (χ1n) is 11.7. The molecule has 0 aliphatic carbocycles. The predicted molar refractivity (Wildman–Crippen MR) is 140 cm³/mol. The Bertz CT molecular complexity index is 1360. The monoisotopic (exact) mass is 542 g/mol. The molecule has 4 rings (SSSR count). The van der Waals surface area contributed by atoms with Gasteiger partial charge in [-0.15, -0.1) is 4.91 Å². The molecule has 39 heavy (non-hydrogen) atoms. The summed E-state index contributed by atoms with van der Waals surface area (Å²) in [5, 5.41) is 8.92. The Morgan fingerprint density at radius 3 is 2.33 bits per heavy atom. The molecular weight excluding hydrogens is 517 g/mol. The number of anilines is 3. The molecule has 3 aromatic carbocycles. The Labute approximate surface area is 221 Å². The highest BCUT2D eigenvalue weighted by Gasteiger charge is 2.32. The average Bonchev–Trinajstić information content (AvgIpc) is 3.20. The molecule has 0 bridgehead atoms. The fourth-order valence-corrected chi connectivity index (χ4v) is 3.82. The number of carbonyl (C=O) groups excluding carboxylic acids is 2. The molecule has 1 unspecified atom stereocenters. The molecular formula is C27H25F3N4O5. The number of nitroso groups, excluding NO2 is 1. The molecule has 12 heteroatoms. The molecule has 1 aliphatic rings. The molecule has 0 radical (unpaired) electrons. The fourth-order valence-electron chi connectivity index (χ4n) is 3.82. The second kappa shape index (κ2) is 13.8. The van der Waals surface area contributed by atoms with Crippen LogP contribution in [-0.2, 0) is 9.53 Å². The second-order valence-electron chi connectivity index (χ2n) is 8.30. The van der Waals surface area contributed by atoms with E-state index in [1.165, 1.54) is 29.2 Å². The van der Waals surface area contributed by atoms with Crippen molar-refractivity contribution in [3.05, 3.63) is 105 Å². The number of benzene rings is 2. The Morgan fingerprint density at radius 2 is 1.72 bits per heavy atom. The van der Waals surface area contributed by atoms with E-state index in [1.54, 1.807) is 49.5 Å². The van der Waals surface area contributed by atoms with E-state index in [9.17, 15) is 27.7 Å². The minimum absolute atomic E-state index is 0.0704. The molecule has 0 spiro atoms. The predicted octanol–water partition coefficient (Wildman–Crippen LogP) is 4.78. The molecule has 9 nitrogen and oxygen atoms in total. The SMILES string of the molecule is CNC[C@H]1CN(c2ccc(Nc3cccc(C(N=O)c4ccccc4)cc3=O)c(F)c2)C(=O)O1.O=CC(F)F. The van der Waals surface area contributed by atoms with Crippen LogP contribution in [0.3, 0.4) is 0 Å². The Hall–Kier alpha value is -4.58. The van der Waals surface area contributed by atoms with Gasteiger partial charge in [0.05, 0.1) is 23.6 Å². The van der Waals surface area contributed by atoms with E-state index in [0.29, 0.717) is 29.9 Å². The van der Waals surface area contributed by atoms with Gasteiger partial charge >= 0.3 is 6.09 Å². The third kappa shape index (κ3) is 7.71. The van der Waals surface area contributed by atoms with E-state index in [-0.39, 0.29) is 17.5 Å². The van der Waals surface area contributed by atoms with Crippen molar-refractivity contribution < 1.29 is 27.5 Å². The number of alkyl halides is 2. The molecule has 1 aliphatic heterocycles. The summed E-state index contributed by atoms with van der Waals surface area (Å²) in [5.41, 5.74) is 1.23. The topological polar surface area (TPSA) is 117 Å². The maximum Gasteiger partial charge on any atom is 0.414 e. The van der Waals surface area contributed by atoms with Gasteiger partial charge in [0.1, 0.15) is 18.0 Å². The highest BCUT2D eigenvalue weighted by Crippen LogP contribution is 2.28. The summed E-state index contributed by atoms with van der Waals surface area (Å²) in [7, 11) is 1.75. The van der Waals surface area contributed by atoms with Crippen LogP contribution in [0.5, 0.6) is 0 Å². The smallest absolute Gasteiger partial charge is 0.414 e. The van der Waals surface area contributed by atoms with E-state index in [0.717, 1.165) is 0 Å². The molecule has 204 valence electrons. The van der Waals surface area contributed by atoms with E-state index in [2.05, 4.69) is 15.8 Å². The standard InChI is InChI=1S/C25H23FN4O4.C2H2F2O/c1-27-14-19-15-30(25(32)34-19)18-10-11-21(20(26)13-18)28-22-9-5-8-17(12-23(22)31)24(29-33)16-6-3-2-4-7-16;3-2(4)1-5/h2-13,19,24,27H,14-15H2,1H3,(H,28,31);1-2H/t19-,24?;/m0./s1. The number of rotatable bonds is 9. The van der Waals surface area contributed by atoms with Crippen LogP contribution in [0.1, 0.15) is 17.2 Å². The summed E-state index contributed by atoms with van der Waals surface area (Å²) in [6.45, 7) is 0.801. The van der Waals surface area contributed by atoms with Gasteiger partial charge in [-0.3, -0.25) is 14.5 Å². The fraction of sp³-hybridized carbons (Fsp3) is 0.222. The van der Waals surface area contributed by atoms with Crippen molar-refractivity contribution in [3.8, 4) is 0 Å². The average molecular weight is 543 g/mol. The maximum atomic E-state index is 14.9. The molecule has 2 atom stereocenters. The summed E-state index contributed by atoms with van der Waals surface area (Å²) in [5.74, 6) is -0.634. The summed E-state index contributed by atoms with van der Waals surface area (Å²) in [4.78, 5) is 46.5. The normalized spacial score (nSPS) is 15.2. The first-order chi connectivity index (χ1) is 18.8. The third-order valence-electron chi connectivity index (χ3n) is 5.59. The van der Waals surface area contributed by atoms with Gasteiger partial charge in [-0.25, -0.2) is 18.0 Å². The Morgan fingerprint density at radius 1 is 1.03 bits per heavy atom. The van der Waals surface area contributed by atoms with Gasteiger partial charge in [-0.2, -0.15) is 0 Å². The summed E-state index contributed by atoms with van der Waals surface area (Å²) in [6, 6.07) is 18.4. The van der Waals surface area contributed by atoms with Crippen molar-refractivity contribution in [1.29, 1.82) is 0 Å². The lowest BCUT2D eigenvalue weighted by molar-refractivity contribution is -0.116. The maximum absolute atomic E-state index is 14.9. The molecule has 0 saturated carbocycles. The minimum atomic E-state index is -2.80. The van der Waals surface area contributed by atoms with Crippen LogP contribution in [0.2, 0.25) is 0 Å². The van der Waals surface area contributed by atoms with Crippen molar-refractivity contribution in [3.63, 3.8) is 0 Å². The molecule has 2 N–H and O–H groups in total. The number of carbonyl (C=O) groups is 2. The molecule has 1 heterocycles. The number of ether oxygens (including phenoxy) is 1. The molecule has 1 amide bonds. The number of aldehydes is 1. The van der Waals surface area contributed by atoms with Crippen LogP contribution in [0.4, 0.5) is 35.0 Å². The summed E-state index contributed by atoms with van der Waals surface area (Å²) < 4.78 is 40.9. The van der Waals surface area contributed by atoms with Gasteiger partial charge in [0, 0.05) is 6.54 Å². The van der Waals surface area contributed by atoms with E-state index in [4.69, 9.17) is 9.53 Å². The number of cyclic esters (lactones) is 1. The Kier molecular flexibility index (Phi) is 10.3. The number of halogens is 3. The lowest BCUT2D eigenvalue weighted by Crippen LogP contribution is -2.29. The van der Waals surface area contributed by atoms with Crippen molar-refractivity contribution in [2.45, 2.75) is 18.6 Å². The lowest BCUT2D eigenvalue weighted by Gasteiger charge is -2.14. The molecule has 1 saturated heterocycles. The number of hydrogen-bond acceptors (Lipinski definition) is 8. The first kappa shape index (κ1) is 29.0. The van der Waals surface area contributed by atoms with Gasteiger partial charge < -0.3 is 15.4 Å². The van der Waals surface area contributed by atoms with Crippen molar-refractivity contribution >= 4 is 29.4 Å². The third-order valence-corrected chi connectivity index (χ3v) is 5.59. The van der Waals surface area contributed by atoms with Crippen LogP contribution in [-0.4, -0.2) is 45.0 Å². The van der Waals surface area contributed by atoms with Crippen LogP contribution in [0.25, 0.3) is 0 Å². The van der Waals surface area contributed by atoms with E-state index in [1.807, 2.05) is 6.07 Å². The first-order valence-corrected chi connectivity index (χ1v) is 11.7. The van der Waals surface area contributed by atoms with Crippen LogP contribution in [0, 0.1) is 10.7 Å². The zero-order valence-corrected chi connectivity index (χ0v) is 20.7. The van der Waals surface area contributed by atoms with Gasteiger partial charge in [0.2, 0.25) is 5.43 Å². The van der Waals surface area contributed by atoms with E-state index < -0.39 is 36.1 Å². The number of hydrogen-bond donors (Lipinski definition) is 2. The van der Waals surface area contributed by atoms with Crippen LogP contribution in [0.15, 0.2) is 82.8 Å². The van der Waals surface area contributed by atoms with E-state index >= 15 is 0 Å². The van der Waals surface area contributed by atoms with Crippen LogP contribution >= 0.6 is 0 Å². The zero-order valence-electron chi connectivity index (χ0n) is 20.7. The number of amides is 1. The van der Waals surface area contributed by atoms with Crippen LogP contribution < -0.4 is 21.0 Å². The minimum Gasteiger partial charge on any atom is -0.443 e. The summed E-state index contributed by atoms with van der Waals surface area (Å²) >= 11 is 0. The molecule has 3 aromatic rings. The van der Waals surface area contributed by atoms with Crippen molar-refractivity contribution in [2.24, 2.45) is 5.18 Å². The van der Waals surface area contributed by atoms with Crippen molar-refractivity contribution in [2.75, 3.05) is 30.4 Å². The Balaban J connectivity index is 0.000000771.